The number of nitriles is 1. The molecule has 0 amide bonds. The van der Waals surface area contributed by atoms with Gasteiger partial charge in [-0.05, 0) is 20.0 Å². The first kappa shape index (κ1) is 14.4. The van der Waals surface area contributed by atoms with E-state index in [1.54, 1.807) is 6.07 Å². The van der Waals surface area contributed by atoms with Gasteiger partial charge in [0.2, 0.25) is 10.0 Å². The van der Waals surface area contributed by atoms with Crippen LogP contribution in [0.1, 0.15) is 13.8 Å². The Morgan fingerprint density at radius 3 is 2.27 bits per heavy atom. The molecule has 0 fully saturated rings. The Hall–Kier alpha value is -0.640. The van der Waals surface area contributed by atoms with Gasteiger partial charge in [-0.2, -0.15) is 5.26 Å². The molecule has 0 aromatic rings. The van der Waals surface area contributed by atoms with Crippen LogP contribution in [0.5, 0.6) is 0 Å². The summed E-state index contributed by atoms with van der Waals surface area (Å²) in [6.07, 6.45) is 0. The lowest BCUT2D eigenvalue weighted by Crippen LogP contribution is -2.45. The maximum absolute atomic E-state index is 11.4. The van der Waals surface area contributed by atoms with E-state index in [0.29, 0.717) is 6.54 Å². The van der Waals surface area contributed by atoms with Gasteiger partial charge in [-0.25, -0.2) is 13.1 Å². The highest BCUT2D eigenvalue weighted by atomic mass is 32.2. The van der Waals surface area contributed by atoms with E-state index in [0.717, 1.165) is 0 Å². The van der Waals surface area contributed by atoms with Gasteiger partial charge in [0.05, 0.1) is 6.07 Å². The van der Waals surface area contributed by atoms with Gasteiger partial charge < -0.3 is 4.90 Å². The molecular weight excluding hydrogens is 214 g/mol. The third-order valence-corrected chi connectivity index (χ3v) is 3.12. The lowest BCUT2D eigenvalue weighted by Gasteiger charge is -2.24. The molecule has 0 rings (SSSR count). The molecule has 88 valence electrons. The second kappa shape index (κ2) is 6.05. The molecule has 1 atom stereocenters. The molecule has 0 aliphatic carbocycles. The van der Waals surface area contributed by atoms with E-state index in [2.05, 4.69) is 4.72 Å². The molecule has 5 nitrogen and oxygen atoms in total. The monoisotopic (exact) mass is 233 g/mol. The van der Waals surface area contributed by atoms with Crippen molar-refractivity contribution < 1.29 is 8.42 Å². The molecule has 0 aliphatic rings. The molecule has 0 spiro atoms. The minimum absolute atomic E-state index is 0.154. The van der Waals surface area contributed by atoms with Gasteiger partial charge in [-0.3, -0.25) is 0 Å². The summed E-state index contributed by atoms with van der Waals surface area (Å²) in [7, 11) is 0.307. The van der Waals surface area contributed by atoms with E-state index in [4.69, 9.17) is 5.26 Å². The van der Waals surface area contributed by atoms with Gasteiger partial charge in [-0.15, -0.1) is 0 Å². The Kier molecular flexibility index (Phi) is 5.80. The van der Waals surface area contributed by atoms with Crippen LogP contribution in [-0.4, -0.2) is 45.8 Å². The molecule has 15 heavy (non-hydrogen) atoms. The van der Waals surface area contributed by atoms with Crippen molar-refractivity contribution in [3.05, 3.63) is 0 Å². The van der Waals surface area contributed by atoms with E-state index in [-0.39, 0.29) is 12.0 Å². The molecule has 0 aromatic carbocycles. The molecule has 0 bridgehead atoms. The summed E-state index contributed by atoms with van der Waals surface area (Å²) in [5.41, 5.74) is 0. The summed E-state index contributed by atoms with van der Waals surface area (Å²) < 4.78 is 25.3. The molecule has 1 N–H and O–H groups in total. The predicted molar refractivity (Wildman–Crippen MR) is 59.7 cm³/mol. The fourth-order valence-corrected chi connectivity index (χ4v) is 2.20. The number of nitrogens with one attached hydrogen (secondary N) is 1. The van der Waals surface area contributed by atoms with Crippen LogP contribution in [0.4, 0.5) is 0 Å². The number of nitrogens with zero attached hydrogens (tertiary/aromatic N) is 2. The minimum atomic E-state index is -3.46. The van der Waals surface area contributed by atoms with Gasteiger partial charge in [0.15, 0.2) is 5.75 Å². The Bertz CT molecular complexity index is 317. The number of rotatable bonds is 6. The molecule has 6 heteroatoms. The smallest absolute Gasteiger partial charge is 0.225 e. The van der Waals surface area contributed by atoms with Crippen LogP contribution in [0, 0.1) is 17.2 Å². The molecule has 0 saturated carbocycles. The molecular formula is C9H19N3O2S. The highest BCUT2D eigenvalue weighted by molar-refractivity contribution is 7.89. The Balaban J connectivity index is 4.49. The fraction of sp³-hybridized carbons (Fsp3) is 0.889. The average Bonchev–Trinajstić information content (AvgIpc) is 2.00. The maximum Gasteiger partial charge on any atom is 0.225 e. The molecule has 0 saturated heterocycles. The lowest BCUT2D eigenvalue weighted by molar-refractivity contribution is 0.314. The van der Waals surface area contributed by atoms with Crippen molar-refractivity contribution in [3.63, 3.8) is 0 Å². The summed E-state index contributed by atoms with van der Waals surface area (Å²) in [6.45, 7) is 4.52. The van der Waals surface area contributed by atoms with Crippen LogP contribution in [-0.2, 0) is 10.0 Å². The first-order valence-corrected chi connectivity index (χ1v) is 6.45. The summed E-state index contributed by atoms with van der Waals surface area (Å²) in [6, 6.07) is 1.49. The normalized spacial score (nSPS) is 14.2. The second-order valence-corrected chi connectivity index (χ2v) is 5.90. The number of likely N-dealkylation sites (N-methyl/N-ethyl adjacent to an activating group) is 1. The minimum Gasteiger partial charge on any atom is -0.308 e. The van der Waals surface area contributed by atoms with Crippen LogP contribution < -0.4 is 4.72 Å². The van der Waals surface area contributed by atoms with E-state index >= 15 is 0 Å². The number of hydrogen-bond acceptors (Lipinski definition) is 4. The van der Waals surface area contributed by atoms with Crippen molar-refractivity contribution in [3.8, 4) is 6.07 Å². The van der Waals surface area contributed by atoms with Gasteiger partial charge in [0.1, 0.15) is 0 Å². The van der Waals surface area contributed by atoms with Crippen molar-refractivity contribution >= 4 is 10.0 Å². The van der Waals surface area contributed by atoms with Crippen LogP contribution in [0.15, 0.2) is 0 Å². The third kappa shape index (κ3) is 6.44. The van der Waals surface area contributed by atoms with Crippen LogP contribution in [0.2, 0.25) is 0 Å². The Morgan fingerprint density at radius 1 is 1.40 bits per heavy atom. The summed E-state index contributed by atoms with van der Waals surface area (Å²) in [5.74, 6) is -0.287. The quantitative estimate of drug-likeness (QED) is 0.701. The van der Waals surface area contributed by atoms with Crippen LogP contribution in [0.25, 0.3) is 0 Å². The van der Waals surface area contributed by atoms with Gasteiger partial charge in [0, 0.05) is 12.6 Å². The summed E-state index contributed by atoms with van der Waals surface area (Å²) in [5, 5.41) is 8.36. The zero-order valence-electron chi connectivity index (χ0n) is 9.69. The Labute approximate surface area is 92.1 Å². The predicted octanol–water partition coefficient (Wildman–Crippen LogP) is 0.0156. The zero-order chi connectivity index (χ0) is 12.1. The number of hydrogen-bond donors (Lipinski definition) is 1. The zero-order valence-corrected chi connectivity index (χ0v) is 10.5. The van der Waals surface area contributed by atoms with Crippen molar-refractivity contribution in [2.75, 3.05) is 26.4 Å². The standard InChI is InChI=1S/C9H19N3O2S/c1-8(2)9(7-12(3)4)11-15(13,14)6-5-10/h8-9,11H,6-7H2,1-4H3. The molecule has 0 heterocycles. The fourth-order valence-electron chi connectivity index (χ4n) is 1.13. The van der Waals surface area contributed by atoms with Crippen molar-refractivity contribution in [1.82, 2.24) is 9.62 Å². The topological polar surface area (TPSA) is 73.2 Å². The molecule has 0 aromatic heterocycles. The lowest BCUT2D eigenvalue weighted by atomic mass is 10.1. The van der Waals surface area contributed by atoms with Gasteiger partial charge in [0.25, 0.3) is 0 Å². The maximum atomic E-state index is 11.4. The first-order valence-electron chi connectivity index (χ1n) is 4.80. The number of sulfonamides is 1. The molecule has 0 radical (unpaired) electrons. The van der Waals surface area contributed by atoms with E-state index < -0.39 is 15.8 Å². The van der Waals surface area contributed by atoms with Gasteiger partial charge in [-0.1, -0.05) is 13.8 Å². The molecule has 1 unspecified atom stereocenters. The van der Waals surface area contributed by atoms with Crippen molar-refractivity contribution in [2.45, 2.75) is 19.9 Å². The van der Waals surface area contributed by atoms with E-state index in [9.17, 15) is 8.42 Å². The average molecular weight is 233 g/mol. The third-order valence-electron chi connectivity index (χ3n) is 1.95. The van der Waals surface area contributed by atoms with Crippen molar-refractivity contribution in [1.29, 1.82) is 5.26 Å². The summed E-state index contributed by atoms with van der Waals surface area (Å²) >= 11 is 0. The highest BCUT2D eigenvalue weighted by Crippen LogP contribution is 2.04. The Morgan fingerprint density at radius 2 is 1.93 bits per heavy atom. The highest BCUT2D eigenvalue weighted by Gasteiger charge is 2.20. The molecule has 0 aliphatic heterocycles. The first-order chi connectivity index (χ1) is 6.78. The largest absolute Gasteiger partial charge is 0.308 e. The van der Waals surface area contributed by atoms with Crippen molar-refractivity contribution in [2.24, 2.45) is 5.92 Å². The van der Waals surface area contributed by atoms with Crippen LogP contribution >= 0.6 is 0 Å². The SMILES string of the molecule is CC(C)C(CN(C)C)NS(=O)(=O)CC#N. The van der Waals surface area contributed by atoms with Gasteiger partial charge >= 0.3 is 0 Å². The second-order valence-electron chi connectivity index (χ2n) is 4.15. The van der Waals surface area contributed by atoms with E-state index in [1.165, 1.54) is 0 Å². The van der Waals surface area contributed by atoms with Crippen LogP contribution in [0.3, 0.4) is 0 Å². The van der Waals surface area contributed by atoms with E-state index in [1.807, 2.05) is 32.8 Å². The summed E-state index contributed by atoms with van der Waals surface area (Å²) in [4.78, 5) is 1.92.